The van der Waals surface area contributed by atoms with Gasteiger partial charge >= 0.3 is 0 Å². The van der Waals surface area contributed by atoms with Crippen molar-refractivity contribution < 1.29 is 4.42 Å². The van der Waals surface area contributed by atoms with Gasteiger partial charge in [-0.15, -0.1) is 0 Å². The monoisotopic (exact) mass is 498 g/mol. The number of fused-ring (bicyclic) bond motifs is 6. The SMILES string of the molecule is c1ccc(-c2nc(-c3cccc(-c4cccc5c4ccc4oc6ccccc6c45)c3)nc3ccccc23)cc1. The molecule has 182 valence electrons. The topological polar surface area (TPSA) is 38.9 Å². The smallest absolute Gasteiger partial charge is 0.160 e. The van der Waals surface area contributed by atoms with Crippen molar-refractivity contribution in [3.8, 4) is 33.8 Å². The Labute approximate surface area is 225 Å². The summed E-state index contributed by atoms with van der Waals surface area (Å²) in [5.41, 5.74) is 8.07. The van der Waals surface area contributed by atoms with Crippen molar-refractivity contribution in [3.05, 3.63) is 133 Å². The summed E-state index contributed by atoms with van der Waals surface area (Å²) >= 11 is 0. The highest BCUT2D eigenvalue weighted by Gasteiger charge is 2.15. The summed E-state index contributed by atoms with van der Waals surface area (Å²) in [5.74, 6) is 0.720. The largest absolute Gasteiger partial charge is 0.456 e. The third-order valence-electron chi connectivity index (χ3n) is 7.48. The second-order valence-electron chi connectivity index (χ2n) is 9.80. The van der Waals surface area contributed by atoms with Gasteiger partial charge in [0.2, 0.25) is 0 Å². The summed E-state index contributed by atoms with van der Waals surface area (Å²) in [6.07, 6.45) is 0. The minimum absolute atomic E-state index is 0.720. The normalized spacial score (nSPS) is 11.6. The molecule has 6 aromatic carbocycles. The van der Waals surface area contributed by atoms with Crippen LogP contribution in [0, 0.1) is 0 Å². The van der Waals surface area contributed by atoms with Crippen LogP contribution in [0.2, 0.25) is 0 Å². The van der Waals surface area contributed by atoms with E-state index in [0.717, 1.165) is 61.1 Å². The van der Waals surface area contributed by atoms with Gasteiger partial charge in [-0.1, -0.05) is 109 Å². The fourth-order valence-corrected chi connectivity index (χ4v) is 5.68. The highest BCUT2D eigenvalue weighted by Crippen LogP contribution is 2.39. The second-order valence-corrected chi connectivity index (χ2v) is 9.80. The fourth-order valence-electron chi connectivity index (χ4n) is 5.68. The predicted octanol–water partition coefficient (Wildman–Crippen LogP) is 9.68. The summed E-state index contributed by atoms with van der Waals surface area (Å²) in [5, 5.41) is 5.73. The number of aromatic nitrogens is 2. The van der Waals surface area contributed by atoms with E-state index in [4.69, 9.17) is 14.4 Å². The van der Waals surface area contributed by atoms with E-state index in [1.807, 2.05) is 42.5 Å². The van der Waals surface area contributed by atoms with Crippen LogP contribution < -0.4 is 0 Å². The number of hydrogen-bond donors (Lipinski definition) is 0. The lowest BCUT2D eigenvalue weighted by atomic mass is 9.94. The third-order valence-corrected chi connectivity index (χ3v) is 7.48. The quantitative estimate of drug-likeness (QED) is 0.243. The molecule has 0 radical (unpaired) electrons. The summed E-state index contributed by atoms with van der Waals surface area (Å²) in [6, 6.07) is 46.1. The maximum absolute atomic E-state index is 6.15. The molecule has 0 spiro atoms. The molecular formula is C36H22N2O. The second kappa shape index (κ2) is 8.64. The third kappa shape index (κ3) is 3.52. The van der Waals surface area contributed by atoms with E-state index < -0.39 is 0 Å². The molecule has 3 nitrogen and oxygen atoms in total. The zero-order chi connectivity index (χ0) is 25.8. The van der Waals surface area contributed by atoms with Gasteiger partial charge in [0.05, 0.1) is 11.2 Å². The summed E-state index contributed by atoms with van der Waals surface area (Å²) in [4.78, 5) is 10.1. The van der Waals surface area contributed by atoms with Crippen LogP contribution in [0.1, 0.15) is 0 Å². The van der Waals surface area contributed by atoms with Crippen LogP contribution in [-0.2, 0) is 0 Å². The van der Waals surface area contributed by atoms with E-state index in [2.05, 4.69) is 91.0 Å². The van der Waals surface area contributed by atoms with Crippen molar-refractivity contribution in [1.82, 2.24) is 9.97 Å². The van der Waals surface area contributed by atoms with E-state index in [1.165, 1.54) is 16.3 Å². The first-order chi connectivity index (χ1) is 19.3. The molecule has 0 saturated heterocycles. The van der Waals surface area contributed by atoms with Crippen molar-refractivity contribution in [3.63, 3.8) is 0 Å². The molecule has 0 aliphatic rings. The van der Waals surface area contributed by atoms with Gasteiger partial charge in [0, 0.05) is 27.3 Å². The summed E-state index contributed by atoms with van der Waals surface area (Å²) in [7, 11) is 0. The molecule has 0 N–H and O–H groups in total. The first-order valence-electron chi connectivity index (χ1n) is 13.1. The summed E-state index contributed by atoms with van der Waals surface area (Å²) in [6.45, 7) is 0. The predicted molar refractivity (Wildman–Crippen MR) is 161 cm³/mol. The number of rotatable bonds is 3. The number of hydrogen-bond acceptors (Lipinski definition) is 3. The van der Waals surface area contributed by atoms with E-state index in [9.17, 15) is 0 Å². The molecule has 0 saturated carbocycles. The Morgan fingerprint density at radius 2 is 1.15 bits per heavy atom. The Morgan fingerprint density at radius 1 is 0.436 bits per heavy atom. The Kier molecular flexibility index (Phi) is 4.82. The van der Waals surface area contributed by atoms with Crippen molar-refractivity contribution >= 4 is 43.6 Å². The molecule has 8 aromatic rings. The van der Waals surface area contributed by atoms with Crippen LogP contribution in [0.15, 0.2) is 138 Å². The van der Waals surface area contributed by atoms with E-state index in [0.29, 0.717) is 0 Å². The highest BCUT2D eigenvalue weighted by molar-refractivity contribution is 6.20. The van der Waals surface area contributed by atoms with Gasteiger partial charge in [-0.3, -0.25) is 0 Å². The number of furan rings is 1. The van der Waals surface area contributed by atoms with Crippen LogP contribution in [0.4, 0.5) is 0 Å². The highest BCUT2D eigenvalue weighted by atomic mass is 16.3. The average Bonchev–Trinajstić information content (AvgIpc) is 3.40. The van der Waals surface area contributed by atoms with Gasteiger partial charge in [0.15, 0.2) is 5.82 Å². The molecule has 0 atom stereocenters. The van der Waals surface area contributed by atoms with Gasteiger partial charge in [-0.05, 0) is 46.2 Å². The van der Waals surface area contributed by atoms with Gasteiger partial charge in [0.1, 0.15) is 11.2 Å². The van der Waals surface area contributed by atoms with Crippen LogP contribution in [0.5, 0.6) is 0 Å². The van der Waals surface area contributed by atoms with Crippen LogP contribution in [0.3, 0.4) is 0 Å². The first kappa shape index (κ1) is 21.8. The van der Waals surface area contributed by atoms with Gasteiger partial charge in [-0.2, -0.15) is 0 Å². The number of nitrogens with zero attached hydrogens (tertiary/aromatic N) is 2. The van der Waals surface area contributed by atoms with Gasteiger partial charge in [0.25, 0.3) is 0 Å². The molecule has 39 heavy (non-hydrogen) atoms. The van der Waals surface area contributed by atoms with Crippen LogP contribution in [-0.4, -0.2) is 9.97 Å². The Hall–Kier alpha value is -5.28. The maximum atomic E-state index is 6.15. The van der Waals surface area contributed by atoms with Crippen molar-refractivity contribution in [1.29, 1.82) is 0 Å². The van der Waals surface area contributed by atoms with Crippen molar-refractivity contribution in [2.75, 3.05) is 0 Å². The molecule has 3 heteroatoms. The molecule has 0 amide bonds. The van der Waals surface area contributed by atoms with E-state index in [-0.39, 0.29) is 0 Å². The molecule has 0 fully saturated rings. The van der Waals surface area contributed by atoms with E-state index in [1.54, 1.807) is 0 Å². The lowest BCUT2D eigenvalue weighted by Gasteiger charge is -2.11. The van der Waals surface area contributed by atoms with E-state index >= 15 is 0 Å². The zero-order valence-electron chi connectivity index (χ0n) is 21.0. The molecule has 0 unspecified atom stereocenters. The van der Waals surface area contributed by atoms with Crippen molar-refractivity contribution in [2.45, 2.75) is 0 Å². The minimum Gasteiger partial charge on any atom is -0.456 e. The van der Waals surface area contributed by atoms with Crippen LogP contribution in [0.25, 0.3) is 77.4 Å². The average molecular weight is 499 g/mol. The fraction of sp³-hybridized carbons (Fsp3) is 0. The van der Waals surface area contributed by atoms with Crippen LogP contribution >= 0.6 is 0 Å². The lowest BCUT2D eigenvalue weighted by Crippen LogP contribution is -1.95. The maximum Gasteiger partial charge on any atom is 0.160 e. The summed E-state index contributed by atoms with van der Waals surface area (Å²) < 4.78 is 6.15. The molecule has 2 heterocycles. The van der Waals surface area contributed by atoms with Gasteiger partial charge < -0.3 is 4.42 Å². The number of para-hydroxylation sites is 2. The molecule has 8 rings (SSSR count). The number of benzene rings is 6. The lowest BCUT2D eigenvalue weighted by molar-refractivity contribution is 0.669. The Bertz CT molecular complexity index is 2180. The van der Waals surface area contributed by atoms with Crippen molar-refractivity contribution in [2.24, 2.45) is 0 Å². The molecule has 0 bridgehead atoms. The minimum atomic E-state index is 0.720. The Balaban J connectivity index is 1.32. The zero-order valence-corrected chi connectivity index (χ0v) is 21.0. The molecule has 2 aromatic heterocycles. The Morgan fingerprint density at radius 3 is 2.08 bits per heavy atom. The van der Waals surface area contributed by atoms with Gasteiger partial charge in [-0.25, -0.2) is 9.97 Å². The first-order valence-corrected chi connectivity index (χ1v) is 13.1. The standard InChI is InChI=1S/C36H22N2O/c1-2-10-23(11-3-1)35-29-14-4-6-18-31(29)37-36(38-35)25-13-8-12-24(22-25)26-16-9-17-28-27(26)20-21-33-34(28)30-15-5-7-19-32(30)39-33/h1-22H. The molecule has 0 aliphatic carbocycles. The molecule has 0 aliphatic heterocycles. The molecular weight excluding hydrogens is 476 g/mol.